The van der Waals surface area contributed by atoms with Gasteiger partial charge < -0.3 is 14.6 Å². The average Bonchev–Trinajstić information content (AvgIpc) is 3.25. The molecule has 0 bridgehead atoms. The second-order valence-corrected chi connectivity index (χ2v) is 7.56. The third-order valence-corrected chi connectivity index (χ3v) is 5.64. The van der Waals surface area contributed by atoms with Crippen molar-refractivity contribution in [1.29, 1.82) is 0 Å². The van der Waals surface area contributed by atoms with Crippen LogP contribution in [0, 0.1) is 5.82 Å². The second-order valence-electron chi connectivity index (χ2n) is 6.61. The Labute approximate surface area is 155 Å². The molecular weight excluding hydrogens is 351 g/mol. The highest BCUT2D eigenvalue weighted by Crippen LogP contribution is 2.27. The summed E-state index contributed by atoms with van der Waals surface area (Å²) in [5, 5.41) is 4.99. The van der Waals surface area contributed by atoms with Gasteiger partial charge in [-0.25, -0.2) is 4.39 Å². The third-order valence-electron chi connectivity index (χ3n) is 4.78. The minimum absolute atomic E-state index is 0.117. The molecule has 0 spiro atoms. The lowest BCUT2D eigenvalue weighted by molar-refractivity contribution is 0.00637. The van der Waals surface area contributed by atoms with Crippen LogP contribution in [-0.4, -0.2) is 23.2 Å². The van der Waals surface area contributed by atoms with Gasteiger partial charge in [0.25, 0.3) is 5.91 Å². The molecule has 136 valence electrons. The van der Waals surface area contributed by atoms with Gasteiger partial charge in [-0.05, 0) is 54.5 Å². The number of carbonyl (C=O) groups excluding carboxylic acids is 1. The van der Waals surface area contributed by atoms with E-state index >= 15 is 0 Å². The van der Waals surface area contributed by atoms with E-state index in [1.165, 1.54) is 18.6 Å². The predicted octanol–water partition coefficient (Wildman–Crippen LogP) is 4.34. The summed E-state index contributed by atoms with van der Waals surface area (Å²) in [6.07, 6.45) is 3.47. The summed E-state index contributed by atoms with van der Waals surface area (Å²) >= 11 is 1.63. The van der Waals surface area contributed by atoms with Gasteiger partial charge in [-0.2, -0.15) is 0 Å². The molecular formula is C20H21FN2O2S. The number of hydrogen-bond donors (Lipinski definition) is 1. The Morgan fingerprint density at radius 3 is 2.88 bits per heavy atom. The molecule has 0 unspecified atom stereocenters. The van der Waals surface area contributed by atoms with Crippen LogP contribution in [0.2, 0.25) is 0 Å². The summed E-state index contributed by atoms with van der Waals surface area (Å²) in [6.45, 7) is 1.86. The predicted molar refractivity (Wildman–Crippen MR) is 101 cm³/mol. The van der Waals surface area contributed by atoms with E-state index in [2.05, 4.69) is 16.0 Å². The van der Waals surface area contributed by atoms with Crippen molar-refractivity contribution in [2.75, 3.05) is 6.61 Å². The van der Waals surface area contributed by atoms with Gasteiger partial charge in [-0.3, -0.25) is 4.79 Å². The van der Waals surface area contributed by atoms with E-state index in [9.17, 15) is 9.18 Å². The van der Waals surface area contributed by atoms with Gasteiger partial charge in [0.1, 0.15) is 11.5 Å². The first-order valence-corrected chi connectivity index (χ1v) is 9.79. The zero-order chi connectivity index (χ0) is 17.9. The highest BCUT2D eigenvalue weighted by Gasteiger charge is 2.21. The van der Waals surface area contributed by atoms with Crippen LogP contribution in [0.4, 0.5) is 4.39 Å². The number of rotatable bonds is 5. The minimum atomic E-state index is -0.276. The van der Waals surface area contributed by atoms with Gasteiger partial charge in [-0.1, -0.05) is 12.1 Å². The Morgan fingerprint density at radius 1 is 1.27 bits per heavy atom. The first kappa shape index (κ1) is 17.2. The van der Waals surface area contributed by atoms with Crippen LogP contribution in [0.5, 0.6) is 0 Å². The summed E-state index contributed by atoms with van der Waals surface area (Å²) in [6, 6.07) is 10.2. The molecule has 3 heterocycles. The smallest absolute Gasteiger partial charge is 0.268 e. The van der Waals surface area contributed by atoms with Crippen LogP contribution in [0.3, 0.4) is 0 Å². The number of carbonyl (C=O) groups is 1. The Hall–Kier alpha value is -2.18. The summed E-state index contributed by atoms with van der Waals surface area (Å²) in [5.41, 5.74) is 2.61. The number of fused-ring (bicyclic) bond motifs is 1. The lowest BCUT2D eigenvalue weighted by Gasteiger charge is -2.24. The number of thiophene rings is 1. The van der Waals surface area contributed by atoms with E-state index in [0.29, 0.717) is 18.8 Å². The number of halogens is 1. The maximum Gasteiger partial charge on any atom is 0.268 e. The van der Waals surface area contributed by atoms with Crippen molar-refractivity contribution in [2.24, 2.45) is 0 Å². The number of aromatic nitrogens is 1. The number of ether oxygens (including phenoxy) is 1. The third kappa shape index (κ3) is 3.66. The molecule has 6 heteroatoms. The zero-order valence-electron chi connectivity index (χ0n) is 14.4. The van der Waals surface area contributed by atoms with Crippen molar-refractivity contribution < 1.29 is 13.9 Å². The second kappa shape index (κ2) is 7.60. The van der Waals surface area contributed by atoms with Crippen molar-refractivity contribution in [3.63, 3.8) is 0 Å². The zero-order valence-corrected chi connectivity index (χ0v) is 15.2. The molecule has 1 atom stereocenters. The first-order valence-electron chi connectivity index (χ1n) is 8.92. The molecule has 1 aliphatic heterocycles. The number of benzene rings is 1. The van der Waals surface area contributed by atoms with E-state index in [1.54, 1.807) is 23.5 Å². The molecule has 1 aliphatic rings. The summed E-state index contributed by atoms with van der Waals surface area (Å²) in [5.74, 6) is -0.393. The van der Waals surface area contributed by atoms with Crippen molar-refractivity contribution in [3.05, 3.63) is 58.9 Å². The molecule has 1 fully saturated rings. The maximum atomic E-state index is 13.0. The van der Waals surface area contributed by atoms with E-state index in [0.717, 1.165) is 35.2 Å². The van der Waals surface area contributed by atoms with Crippen LogP contribution in [0.25, 0.3) is 10.2 Å². The Morgan fingerprint density at radius 2 is 2.12 bits per heavy atom. The number of amides is 1. The van der Waals surface area contributed by atoms with Gasteiger partial charge >= 0.3 is 0 Å². The Kier molecular flexibility index (Phi) is 5.04. The van der Waals surface area contributed by atoms with Gasteiger partial charge in [0.15, 0.2) is 0 Å². The quantitative estimate of drug-likeness (QED) is 0.724. The highest BCUT2D eigenvalue weighted by molar-refractivity contribution is 7.17. The molecule has 1 saturated heterocycles. The molecule has 2 aromatic heterocycles. The number of nitrogens with zero attached hydrogens (tertiary/aromatic N) is 1. The monoisotopic (exact) mass is 372 g/mol. The molecule has 0 saturated carbocycles. The molecule has 0 radical (unpaired) electrons. The Bertz CT molecular complexity index is 894. The summed E-state index contributed by atoms with van der Waals surface area (Å²) in [7, 11) is 0. The molecule has 26 heavy (non-hydrogen) atoms. The SMILES string of the molecule is O=C(NCc1ccc(F)cc1)c1cc2sccc2n1C[C@H]1CCCCO1. The summed E-state index contributed by atoms with van der Waals surface area (Å²) < 4.78 is 22.1. The van der Waals surface area contributed by atoms with Gasteiger partial charge in [0, 0.05) is 19.7 Å². The van der Waals surface area contributed by atoms with E-state index in [-0.39, 0.29) is 17.8 Å². The molecule has 1 N–H and O–H groups in total. The first-order chi connectivity index (χ1) is 12.7. The fraction of sp³-hybridized carbons (Fsp3) is 0.350. The molecule has 4 nitrogen and oxygen atoms in total. The molecule has 0 aliphatic carbocycles. The average molecular weight is 372 g/mol. The fourth-order valence-electron chi connectivity index (χ4n) is 3.39. The van der Waals surface area contributed by atoms with E-state index in [1.807, 2.05) is 11.4 Å². The van der Waals surface area contributed by atoms with Crippen LogP contribution >= 0.6 is 11.3 Å². The normalized spacial score (nSPS) is 17.5. The molecule has 4 rings (SSSR count). The van der Waals surface area contributed by atoms with Gasteiger partial charge in [0.2, 0.25) is 0 Å². The topological polar surface area (TPSA) is 43.3 Å². The van der Waals surface area contributed by atoms with Gasteiger partial charge in [-0.15, -0.1) is 11.3 Å². The highest BCUT2D eigenvalue weighted by atomic mass is 32.1. The van der Waals surface area contributed by atoms with E-state index in [4.69, 9.17) is 4.74 Å². The van der Waals surface area contributed by atoms with Crippen molar-refractivity contribution in [2.45, 2.75) is 38.5 Å². The standard InChI is InChI=1S/C20H21FN2O2S/c21-15-6-4-14(5-7-15)12-22-20(24)18-11-19-17(8-10-26-19)23(18)13-16-3-1-2-9-25-16/h4-8,10-11,16H,1-3,9,12-13H2,(H,22,24)/t16-/m1/s1. The number of hydrogen-bond acceptors (Lipinski definition) is 3. The minimum Gasteiger partial charge on any atom is -0.376 e. The largest absolute Gasteiger partial charge is 0.376 e. The molecule has 3 aromatic rings. The van der Waals surface area contributed by atoms with Crippen molar-refractivity contribution in [3.8, 4) is 0 Å². The van der Waals surface area contributed by atoms with Crippen LogP contribution in [0.1, 0.15) is 35.3 Å². The fourth-order valence-corrected chi connectivity index (χ4v) is 4.21. The van der Waals surface area contributed by atoms with Crippen LogP contribution < -0.4 is 5.32 Å². The van der Waals surface area contributed by atoms with Crippen molar-refractivity contribution >= 4 is 27.5 Å². The molecule has 1 amide bonds. The van der Waals surface area contributed by atoms with Crippen LogP contribution in [0.15, 0.2) is 41.8 Å². The Balaban J connectivity index is 1.52. The van der Waals surface area contributed by atoms with Crippen molar-refractivity contribution in [1.82, 2.24) is 9.88 Å². The molecule has 1 aromatic carbocycles. The van der Waals surface area contributed by atoms with Gasteiger partial charge in [0.05, 0.1) is 16.3 Å². The summed E-state index contributed by atoms with van der Waals surface area (Å²) in [4.78, 5) is 12.8. The lowest BCUT2D eigenvalue weighted by atomic mass is 10.1. The van der Waals surface area contributed by atoms with E-state index < -0.39 is 0 Å². The maximum absolute atomic E-state index is 13.0. The lowest BCUT2D eigenvalue weighted by Crippen LogP contribution is -2.29. The number of nitrogens with one attached hydrogen (secondary N) is 1. The van der Waals surface area contributed by atoms with Crippen LogP contribution in [-0.2, 0) is 17.8 Å².